The molecule has 0 nitrogen and oxygen atoms in total. The average Bonchev–Trinajstić information content (AvgIpc) is 1.85. The van der Waals surface area contributed by atoms with E-state index in [-0.39, 0.29) is 0 Å². The van der Waals surface area contributed by atoms with Gasteiger partial charge in [-0.1, -0.05) is 34.6 Å². The molecule has 0 saturated carbocycles. The maximum absolute atomic E-state index is 6.53. The van der Waals surface area contributed by atoms with E-state index in [9.17, 15) is 0 Å². The highest BCUT2D eigenvalue weighted by molar-refractivity contribution is 7.21. The van der Waals surface area contributed by atoms with Crippen LogP contribution in [0.3, 0.4) is 0 Å². The second kappa shape index (κ2) is 3.77. The van der Waals surface area contributed by atoms with Gasteiger partial charge in [-0.25, -0.2) is 0 Å². The van der Waals surface area contributed by atoms with Gasteiger partial charge in [-0.2, -0.15) is 11.1 Å². The third-order valence-corrected chi connectivity index (χ3v) is 10.8. The molecule has 10 heavy (non-hydrogen) atoms. The second-order valence-corrected chi connectivity index (χ2v) is 10.6. The summed E-state index contributed by atoms with van der Waals surface area (Å²) in [6, 6.07) is 1.20. The molecule has 0 radical (unpaired) electrons. The molecule has 0 aliphatic rings. The lowest BCUT2D eigenvalue weighted by Gasteiger charge is -2.31. The van der Waals surface area contributed by atoms with Crippen LogP contribution in [0.4, 0.5) is 0 Å². The van der Waals surface area contributed by atoms with Crippen molar-refractivity contribution in [1.82, 2.24) is 0 Å². The minimum Gasteiger partial charge on any atom is -0.166 e. The van der Waals surface area contributed by atoms with Gasteiger partial charge < -0.3 is 0 Å². The molecule has 62 valence electrons. The molecule has 0 bridgehead atoms. The van der Waals surface area contributed by atoms with E-state index in [0.29, 0.717) is 11.1 Å². The predicted octanol–water partition coefficient (Wildman–Crippen LogP) is 4.01. The summed E-state index contributed by atoms with van der Waals surface area (Å²) in [5.41, 5.74) is 1.42. The SMILES string of the molecule is CC[Si](Cl)(C(C)C)C(C)C. The molecule has 0 aromatic rings. The third kappa shape index (κ3) is 1.99. The van der Waals surface area contributed by atoms with Gasteiger partial charge in [-0.05, 0) is 17.1 Å². The molecule has 0 aliphatic heterocycles. The lowest BCUT2D eigenvalue weighted by atomic mass is 10.5. The summed E-state index contributed by atoms with van der Waals surface area (Å²) in [5.74, 6) is 0. The summed E-state index contributed by atoms with van der Waals surface area (Å²) < 4.78 is 0. The molecule has 0 spiro atoms. The summed E-state index contributed by atoms with van der Waals surface area (Å²) in [6.45, 7) is 11.2. The second-order valence-electron chi connectivity index (χ2n) is 3.59. The van der Waals surface area contributed by atoms with E-state index in [1.165, 1.54) is 6.04 Å². The van der Waals surface area contributed by atoms with Crippen LogP contribution in [0.15, 0.2) is 0 Å². The molecule has 0 amide bonds. The summed E-state index contributed by atoms with van der Waals surface area (Å²) in [5, 5.41) is 0. The van der Waals surface area contributed by atoms with Gasteiger partial charge >= 0.3 is 0 Å². The Hall–Kier alpha value is 0.507. The number of rotatable bonds is 3. The Bertz CT molecular complexity index is 91.4. The first-order chi connectivity index (χ1) is 4.45. The monoisotopic (exact) mass is 178 g/mol. The highest BCUT2D eigenvalue weighted by Crippen LogP contribution is 2.38. The van der Waals surface area contributed by atoms with Crippen molar-refractivity contribution >= 4 is 18.5 Å². The highest BCUT2D eigenvalue weighted by atomic mass is 35.6. The molecule has 0 aromatic carbocycles. The van der Waals surface area contributed by atoms with Crippen molar-refractivity contribution in [2.45, 2.75) is 51.7 Å². The van der Waals surface area contributed by atoms with Crippen LogP contribution in [0.25, 0.3) is 0 Å². The van der Waals surface area contributed by atoms with E-state index >= 15 is 0 Å². The number of halogens is 1. The Morgan fingerprint density at radius 2 is 1.40 bits per heavy atom. The smallest absolute Gasteiger partial charge is 0.161 e. The third-order valence-electron chi connectivity index (χ3n) is 2.46. The van der Waals surface area contributed by atoms with Crippen LogP contribution in [0.2, 0.25) is 17.1 Å². The summed E-state index contributed by atoms with van der Waals surface area (Å²) in [6.07, 6.45) is 0. The van der Waals surface area contributed by atoms with Gasteiger partial charge in [0.1, 0.15) is 0 Å². The molecule has 0 aliphatic carbocycles. The van der Waals surface area contributed by atoms with E-state index in [1.807, 2.05) is 0 Å². The fourth-order valence-corrected chi connectivity index (χ4v) is 4.45. The van der Waals surface area contributed by atoms with Gasteiger partial charge in [0.15, 0.2) is 7.38 Å². The van der Waals surface area contributed by atoms with Gasteiger partial charge in [0, 0.05) is 0 Å². The van der Waals surface area contributed by atoms with Crippen molar-refractivity contribution in [3.05, 3.63) is 0 Å². The Kier molecular flexibility index (Phi) is 3.96. The maximum Gasteiger partial charge on any atom is 0.161 e. The van der Waals surface area contributed by atoms with E-state index < -0.39 is 7.38 Å². The molecule has 0 heterocycles. The fraction of sp³-hybridized carbons (Fsp3) is 1.00. The Morgan fingerprint density at radius 3 is 1.40 bits per heavy atom. The molecule has 0 saturated heterocycles. The molecule has 0 rings (SSSR count). The van der Waals surface area contributed by atoms with E-state index in [0.717, 1.165) is 0 Å². The molecule has 0 unspecified atom stereocenters. The molecule has 2 heteroatoms. The van der Waals surface area contributed by atoms with E-state index in [1.54, 1.807) is 0 Å². The average molecular weight is 179 g/mol. The Labute approximate surface area is 70.7 Å². The van der Waals surface area contributed by atoms with Crippen molar-refractivity contribution in [2.24, 2.45) is 0 Å². The minimum absolute atomic E-state index is 0.708. The molecule has 0 N–H and O–H groups in total. The minimum atomic E-state index is -1.41. The maximum atomic E-state index is 6.53. The van der Waals surface area contributed by atoms with Gasteiger partial charge in [0.2, 0.25) is 0 Å². The van der Waals surface area contributed by atoms with Crippen molar-refractivity contribution in [2.75, 3.05) is 0 Å². The van der Waals surface area contributed by atoms with Crippen LogP contribution in [0, 0.1) is 0 Å². The Morgan fingerprint density at radius 1 is 1.10 bits per heavy atom. The quantitative estimate of drug-likeness (QED) is 0.453. The van der Waals surface area contributed by atoms with Crippen molar-refractivity contribution in [3.63, 3.8) is 0 Å². The zero-order chi connectivity index (χ0) is 8.36. The van der Waals surface area contributed by atoms with Gasteiger partial charge in [-0.15, -0.1) is 0 Å². The first-order valence-electron chi connectivity index (χ1n) is 4.14. The van der Waals surface area contributed by atoms with Crippen molar-refractivity contribution < 1.29 is 0 Å². The molecular formula is C8H19ClSi. The summed E-state index contributed by atoms with van der Waals surface area (Å²) in [7, 11) is -1.41. The van der Waals surface area contributed by atoms with Crippen LogP contribution in [0.5, 0.6) is 0 Å². The highest BCUT2D eigenvalue weighted by Gasteiger charge is 2.35. The van der Waals surface area contributed by atoms with Crippen LogP contribution in [-0.4, -0.2) is 7.38 Å². The largest absolute Gasteiger partial charge is 0.166 e. The number of hydrogen-bond donors (Lipinski definition) is 0. The molecule has 0 atom stereocenters. The van der Waals surface area contributed by atoms with Crippen LogP contribution < -0.4 is 0 Å². The van der Waals surface area contributed by atoms with Crippen LogP contribution in [-0.2, 0) is 0 Å². The topological polar surface area (TPSA) is 0 Å². The standard InChI is InChI=1S/C8H19ClSi/c1-6-10(9,7(2)3)8(4)5/h7-8H,6H2,1-5H3. The summed E-state index contributed by atoms with van der Waals surface area (Å²) in [4.78, 5) is 0. The first-order valence-corrected chi connectivity index (χ1v) is 7.51. The molecular weight excluding hydrogens is 160 g/mol. The van der Waals surface area contributed by atoms with Gasteiger partial charge in [0.25, 0.3) is 0 Å². The van der Waals surface area contributed by atoms with E-state index in [4.69, 9.17) is 11.1 Å². The Balaban J connectivity index is 4.23. The molecule has 0 fully saturated rings. The van der Waals surface area contributed by atoms with Crippen molar-refractivity contribution in [3.8, 4) is 0 Å². The predicted molar refractivity (Wildman–Crippen MR) is 52.3 cm³/mol. The van der Waals surface area contributed by atoms with Gasteiger partial charge in [-0.3, -0.25) is 0 Å². The van der Waals surface area contributed by atoms with E-state index in [2.05, 4.69) is 34.6 Å². The fourth-order valence-electron chi connectivity index (χ4n) is 1.48. The number of hydrogen-bond acceptors (Lipinski definition) is 0. The zero-order valence-corrected chi connectivity index (χ0v) is 9.50. The molecule has 0 aromatic heterocycles. The first kappa shape index (κ1) is 10.5. The van der Waals surface area contributed by atoms with Crippen LogP contribution in [0.1, 0.15) is 34.6 Å². The normalized spacial score (nSPS) is 13.2. The summed E-state index contributed by atoms with van der Waals surface area (Å²) >= 11 is 6.53. The van der Waals surface area contributed by atoms with Crippen LogP contribution >= 0.6 is 11.1 Å². The zero-order valence-electron chi connectivity index (χ0n) is 7.74. The van der Waals surface area contributed by atoms with Gasteiger partial charge in [0.05, 0.1) is 0 Å². The lowest BCUT2D eigenvalue weighted by molar-refractivity contribution is 0.910. The van der Waals surface area contributed by atoms with Crippen molar-refractivity contribution in [1.29, 1.82) is 0 Å². The lowest BCUT2D eigenvalue weighted by Crippen LogP contribution is -2.33.